The highest BCUT2D eigenvalue weighted by atomic mass is 16.6. The molecule has 1 spiro atoms. The number of hydrogen-bond donors (Lipinski definition) is 0. The van der Waals surface area contributed by atoms with Gasteiger partial charge in [0.05, 0.1) is 0 Å². The molecule has 2 saturated heterocycles. The number of carbonyl (C=O) groups excluding carboxylic acids is 1. The number of amides is 1. The first kappa shape index (κ1) is 13.7. The molecular formula is C14H25N2O2. The van der Waals surface area contributed by atoms with Crippen molar-refractivity contribution in [2.75, 3.05) is 26.2 Å². The van der Waals surface area contributed by atoms with Crippen molar-refractivity contribution in [3.63, 3.8) is 0 Å². The number of ether oxygens (including phenoxy) is 1. The first-order valence-corrected chi connectivity index (χ1v) is 7.02. The number of piperidine rings is 2. The third kappa shape index (κ3) is 3.37. The fourth-order valence-corrected chi connectivity index (χ4v) is 2.86. The maximum Gasteiger partial charge on any atom is 0.410 e. The summed E-state index contributed by atoms with van der Waals surface area (Å²) >= 11 is 0. The van der Waals surface area contributed by atoms with Gasteiger partial charge in [-0.05, 0) is 51.9 Å². The van der Waals surface area contributed by atoms with Crippen molar-refractivity contribution in [2.45, 2.75) is 52.1 Å². The lowest BCUT2D eigenvalue weighted by molar-refractivity contribution is 0.00559. The van der Waals surface area contributed by atoms with E-state index in [4.69, 9.17) is 4.74 Å². The Balaban J connectivity index is 1.84. The smallest absolute Gasteiger partial charge is 0.410 e. The van der Waals surface area contributed by atoms with E-state index in [2.05, 4.69) is 5.32 Å². The molecule has 2 aliphatic heterocycles. The molecule has 0 atom stereocenters. The molecule has 1 radical (unpaired) electrons. The van der Waals surface area contributed by atoms with Gasteiger partial charge in [0.1, 0.15) is 5.60 Å². The van der Waals surface area contributed by atoms with Gasteiger partial charge in [-0.25, -0.2) is 10.1 Å². The van der Waals surface area contributed by atoms with Gasteiger partial charge in [0.2, 0.25) is 0 Å². The van der Waals surface area contributed by atoms with E-state index < -0.39 is 5.60 Å². The Morgan fingerprint density at radius 1 is 1.11 bits per heavy atom. The predicted molar refractivity (Wildman–Crippen MR) is 70.6 cm³/mol. The molecule has 0 saturated carbocycles. The fraction of sp³-hybridized carbons (Fsp3) is 0.929. The Morgan fingerprint density at radius 2 is 1.67 bits per heavy atom. The molecule has 1 amide bonds. The van der Waals surface area contributed by atoms with Crippen LogP contribution in [0.4, 0.5) is 4.79 Å². The molecule has 0 aliphatic carbocycles. The molecule has 18 heavy (non-hydrogen) atoms. The van der Waals surface area contributed by atoms with Gasteiger partial charge >= 0.3 is 6.09 Å². The van der Waals surface area contributed by atoms with Crippen molar-refractivity contribution in [1.82, 2.24) is 10.2 Å². The Hall–Kier alpha value is -0.770. The summed E-state index contributed by atoms with van der Waals surface area (Å²) in [6, 6.07) is 0. The van der Waals surface area contributed by atoms with E-state index in [-0.39, 0.29) is 6.09 Å². The summed E-state index contributed by atoms with van der Waals surface area (Å²) in [6.07, 6.45) is 4.48. The molecule has 2 heterocycles. The number of likely N-dealkylation sites (tertiary alicyclic amines) is 1. The Bertz CT molecular complexity index is 293. The average molecular weight is 253 g/mol. The van der Waals surface area contributed by atoms with Gasteiger partial charge in [0.25, 0.3) is 0 Å². The lowest BCUT2D eigenvalue weighted by Crippen LogP contribution is -2.47. The minimum absolute atomic E-state index is 0.155. The zero-order valence-corrected chi connectivity index (χ0v) is 11.9. The molecule has 0 aromatic heterocycles. The van der Waals surface area contributed by atoms with Gasteiger partial charge in [-0.15, -0.1) is 0 Å². The standard InChI is InChI=1S/C14H25N2O2/c1-13(2,3)18-12(17)16-10-6-14(7-11-16)4-8-15-9-5-14/h4-11H2,1-3H3. The van der Waals surface area contributed by atoms with Crippen LogP contribution in [0.5, 0.6) is 0 Å². The van der Waals surface area contributed by atoms with E-state index in [1.165, 1.54) is 12.8 Å². The van der Waals surface area contributed by atoms with Crippen molar-refractivity contribution in [1.29, 1.82) is 0 Å². The zero-order chi connectivity index (χ0) is 13.2. The third-order valence-corrected chi connectivity index (χ3v) is 4.08. The molecule has 4 nitrogen and oxygen atoms in total. The Kier molecular flexibility index (Phi) is 3.85. The van der Waals surface area contributed by atoms with Crippen molar-refractivity contribution in [3.8, 4) is 0 Å². The summed E-state index contributed by atoms with van der Waals surface area (Å²) < 4.78 is 5.42. The minimum atomic E-state index is -0.393. The van der Waals surface area contributed by atoms with E-state index >= 15 is 0 Å². The molecule has 0 aromatic rings. The third-order valence-electron chi connectivity index (χ3n) is 4.08. The Morgan fingerprint density at radius 3 is 2.17 bits per heavy atom. The quantitative estimate of drug-likeness (QED) is 0.665. The van der Waals surface area contributed by atoms with Gasteiger partial charge in [-0.3, -0.25) is 0 Å². The highest BCUT2D eigenvalue weighted by Crippen LogP contribution is 2.39. The predicted octanol–water partition coefficient (Wildman–Crippen LogP) is 2.40. The van der Waals surface area contributed by atoms with Crippen LogP contribution in [0.25, 0.3) is 0 Å². The maximum atomic E-state index is 12.0. The second-order valence-electron chi connectivity index (χ2n) is 6.64. The van der Waals surface area contributed by atoms with Gasteiger partial charge in [-0.2, -0.15) is 0 Å². The summed E-state index contributed by atoms with van der Waals surface area (Å²) in [5.41, 5.74) is 0.0657. The van der Waals surface area contributed by atoms with Gasteiger partial charge in [-0.1, -0.05) is 0 Å². The second-order valence-corrected chi connectivity index (χ2v) is 6.64. The monoisotopic (exact) mass is 253 g/mol. The van der Waals surface area contributed by atoms with Crippen molar-refractivity contribution in [2.24, 2.45) is 5.41 Å². The maximum absolute atomic E-state index is 12.0. The van der Waals surface area contributed by atoms with Crippen LogP contribution in [0, 0.1) is 5.41 Å². The van der Waals surface area contributed by atoms with E-state index in [1.807, 2.05) is 25.7 Å². The first-order chi connectivity index (χ1) is 8.40. The van der Waals surface area contributed by atoms with Crippen molar-refractivity contribution < 1.29 is 9.53 Å². The topological polar surface area (TPSA) is 43.6 Å². The number of rotatable bonds is 0. The SMILES string of the molecule is CC(C)(C)OC(=O)N1CCC2(CC[N]CC2)CC1. The summed E-state index contributed by atoms with van der Waals surface area (Å²) in [4.78, 5) is 13.8. The minimum Gasteiger partial charge on any atom is -0.444 e. The molecule has 0 N–H and O–H groups in total. The van der Waals surface area contributed by atoms with Crippen LogP contribution >= 0.6 is 0 Å². The molecule has 2 aliphatic rings. The van der Waals surface area contributed by atoms with E-state index in [0.717, 1.165) is 39.0 Å². The van der Waals surface area contributed by atoms with Crippen LogP contribution in [0.15, 0.2) is 0 Å². The molecule has 0 aromatic carbocycles. The van der Waals surface area contributed by atoms with Crippen LogP contribution in [0.2, 0.25) is 0 Å². The van der Waals surface area contributed by atoms with E-state index in [0.29, 0.717) is 5.41 Å². The largest absolute Gasteiger partial charge is 0.444 e. The first-order valence-electron chi connectivity index (χ1n) is 7.02. The molecule has 0 unspecified atom stereocenters. The second kappa shape index (κ2) is 5.08. The molecule has 2 fully saturated rings. The highest BCUT2D eigenvalue weighted by molar-refractivity contribution is 5.68. The van der Waals surface area contributed by atoms with E-state index in [1.54, 1.807) is 0 Å². The van der Waals surface area contributed by atoms with Crippen LogP contribution in [0.3, 0.4) is 0 Å². The highest BCUT2D eigenvalue weighted by Gasteiger charge is 2.37. The fourth-order valence-electron chi connectivity index (χ4n) is 2.86. The average Bonchev–Trinajstić information content (AvgIpc) is 2.28. The van der Waals surface area contributed by atoms with Crippen LogP contribution in [-0.2, 0) is 4.74 Å². The lowest BCUT2D eigenvalue weighted by Gasteiger charge is -2.44. The van der Waals surface area contributed by atoms with Gasteiger partial charge in [0.15, 0.2) is 0 Å². The lowest BCUT2D eigenvalue weighted by atomic mass is 9.72. The van der Waals surface area contributed by atoms with Crippen LogP contribution in [0.1, 0.15) is 46.5 Å². The van der Waals surface area contributed by atoms with Crippen LogP contribution < -0.4 is 5.32 Å². The molecule has 2 rings (SSSR count). The number of hydrogen-bond acceptors (Lipinski definition) is 2. The van der Waals surface area contributed by atoms with E-state index in [9.17, 15) is 4.79 Å². The number of carbonyl (C=O) groups is 1. The zero-order valence-electron chi connectivity index (χ0n) is 11.9. The summed E-state index contributed by atoms with van der Waals surface area (Å²) in [5.74, 6) is 0. The van der Waals surface area contributed by atoms with Gasteiger partial charge in [0, 0.05) is 26.2 Å². The summed E-state index contributed by atoms with van der Waals surface area (Å²) in [7, 11) is 0. The molecule has 4 heteroatoms. The van der Waals surface area contributed by atoms with Crippen molar-refractivity contribution in [3.05, 3.63) is 0 Å². The van der Waals surface area contributed by atoms with Crippen molar-refractivity contribution >= 4 is 6.09 Å². The van der Waals surface area contributed by atoms with Crippen LogP contribution in [-0.4, -0.2) is 42.8 Å². The molecular weight excluding hydrogens is 228 g/mol. The molecule has 103 valence electrons. The number of nitrogens with zero attached hydrogens (tertiary/aromatic N) is 2. The normalized spacial score (nSPS) is 24.1. The van der Waals surface area contributed by atoms with Gasteiger partial charge < -0.3 is 9.64 Å². The Labute approximate surface area is 110 Å². The summed E-state index contributed by atoms with van der Waals surface area (Å²) in [5, 5.41) is 4.42. The summed E-state index contributed by atoms with van der Waals surface area (Å²) in [6.45, 7) is 9.44. The molecule has 0 bridgehead atoms.